The lowest BCUT2D eigenvalue weighted by atomic mass is 10.2. The summed E-state index contributed by atoms with van der Waals surface area (Å²) in [5.74, 6) is 0.638. The Labute approximate surface area is 173 Å². The van der Waals surface area contributed by atoms with Crippen LogP contribution in [0.2, 0.25) is 0 Å². The number of morpholine rings is 1. The predicted octanol–water partition coefficient (Wildman–Crippen LogP) is 2.26. The Morgan fingerprint density at radius 2 is 1.93 bits per heavy atom. The molecule has 1 aromatic carbocycles. The fourth-order valence-electron chi connectivity index (χ4n) is 3.61. The van der Waals surface area contributed by atoms with Gasteiger partial charge in [-0.3, -0.25) is 9.88 Å². The average molecular weight is 402 g/mol. The first-order valence-corrected chi connectivity index (χ1v) is 9.95. The van der Waals surface area contributed by atoms with Gasteiger partial charge in [-0.1, -0.05) is 29.5 Å². The fraction of sp³-hybridized carbons (Fsp3) is 0.286. The maximum Gasteiger partial charge on any atom is 0.183 e. The normalized spacial score (nSPS) is 17.3. The topological polar surface area (TPSA) is 93.9 Å². The first-order chi connectivity index (χ1) is 14.8. The fourth-order valence-corrected chi connectivity index (χ4v) is 3.61. The highest BCUT2D eigenvalue weighted by Crippen LogP contribution is 2.21. The van der Waals surface area contributed by atoms with Crippen LogP contribution >= 0.6 is 0 Å². The number of ether oxygens (including phenoxy) is 1. The summed E-state index contributed by atoms with van der Waals surface area (Å²) in [6.07, 6.45) is 3.37. The number of pyridine rings is 1. The van der Waals surface area contributed by atoms with Gasteiger partial charge in [0.2, 0.25) is 0 Å². The molecule has 3 aromatic heterocycles. The van der Waals surface area contributed by atoms with Crippen molar-refractivity contribution in [3.05, 3.63) is 66.7 Å². The molecular weight excluding hydrogens is 380 g/mol. The van der Waals surface area contributed by atoms with Crippen molar-refractivity contribution in [3.8, 4) is 0 Å². The Kier molecular flexibility index (Phi) is 5.28. The quantitative estimate of drug-likeness (QED) is 0.525. The van der Waals surface area contributed by atoms with Crippen molar-refractivity contribution in [1.82, 2.24) is 34.8 Å². The van der Waals surface area contributed by atoms with Crippen LogP contribution in [0.15, 0.2) is 61.1 Å². The molecule has 1 saturated heterocycles. The second-order valence-electron chi connectivity index (χ2n) is 7.21. The SMILES string of the molecule is c1ccc(Nc2ncnc3c2nnn3CC2CN(Cc3ccccn3)CCO2)cc1. The minimum Gasteiger partial charge on any atom is -0.374 e. The van der Waals surface area contributed by atoms with Crippen LogP contribution in [0.1, 0.15) is 5.69 Å². The van der Waals surface area contributed by atoms with E-state index in [2.05, 4.69) is 35.5 Å². The Morgan fingerprint density at radius 3 is 2.80 bits per heavy atom. The van der Waals surface area contributed by atoms with E-state index >= 15 is 0 Å². The van der Waals surface area contributed by atoms with Crippen LogP contribution in [0.5, 0.6) is 0 Å². The standard InChI is InChI=1S/C21H22N8O/c1-2-6-16(7-3-1)25-20-19-21(24-15-23-20)29(27-26-19)14-18-13-28(10-11-30-18)12-17-8-4-5-9-22-17/h1-9,15,18H,10-14H2,(H,23,24,25). The molecule has 1 unspecified atom stereocenters. The van der Waals surface area contributed by atoms with Gasteiger partial charge in [0.15, 0.2) is 17.0 Å². The lowest BCUT2D eigenvalue weighted by Gasteiger charge is -2.32. The highest BCUT2D eigenvalue weighted by Gasteiger charge is 2.23. The molecule has 5 rings (SSSR count). The van der Waals surface area contributed by atoms with Gasteiger partial charge in [0.05, 0.1) is 24.9 Å². The van der Waals surface area contributed by atoms with Crippen molar-refractivity contribution in [2.75, 3.05) is 25.0 Å². The van der Waals surface area contributed by atoms with E-state index in [-0.39, 0.29) is 6.10 Å². The summed E-state index contributed by atoms with van der Waals surface area (Å²) in [4.78, 5) is 15.5. The molecule has 4 heterocycles. The third kappa shape index (κ3) is 4.12. The van der Waals surface area contributed by atoms with Gasteiger partial charge in [0, 0.05) is 31.5 Å². The number of hydrogen-bond acceptors (Lipinski definition) is 8. The maximum atomic E-state index is 5.98. The Morgan fingerprint density at radius 1 is 1.03 bits per heavy atom. The van der Waals surface area contributed by atoms with Crippen LogP contribution in [0.3, 0.4) is 0 Å². The molecule has 152 valence electrons. The Bertz CT molecular complexity index is 1100. The Hall–Kier alpha value is -3.43. The van der Waals surface area contributed by atoms with Gasteiger partial charge in [-0.2, -0.15) is 0 Å². The lowest BCUT2D eigenvalue weighted by molar-refractivity contribution is -0.0402. The number of nitrogens with one attached hydrogen (secondary N) is 1. The van der Waals surface area contributed by atoms with Gasteiger partial charge in [-0.15, -0.1) is 5.10 Å². The molecule has 1 N–H and O–H groups in total. The first-order valence-electron chi connectivity index (χ1n) is 9.95. The summed E-state index contributed by atoms with van der Waals surface area (Å²) in [5.41, 5.74) is 3.33. The van der Waals surface area contributed by atoms with Crippen LogP contribution < -0.4 is 5.32 Å². The highest BCUT2D eigenvalue weighted by atomic mass is 16.5. The van der Waals surface area contributed by atoms with Crippen molar-refractivity contribution >= 4 is 22.7 Å². The maximum absolute atomic E-state index is 5.98. The third-order valence-electron chi connectivity index (χ3n) is 5.05. The molecule has 0 aliphatic carbocycles. The number of anilines is 2. The number of aromatic nitrogens is 6. The highest BCUT2D eigenvalue weighted by molar-refractivity contribution is 5.84. The number of rotatable bonds is 6. The van der Waals surface area contributed by atoms with Gasteiger partial charge in [0.25, 0.3) is 0 Å². The molecule has 0 bridgehead atoms. The number of benzene rings is 1. The lowest BCUT2D eigenvalue weighted by Crippen LogP contribution is -2.44. The largest absolute Gasteiger partial charge is 0.374 e. The van der Waals surface area contributed by atoms with E-state index in [0.717, 1.165) is 31.0 Å². The Balaban J connectivity index is 1.30. The predicted molar refractivity (Wildman–Crippen MR) is 112 cm³/mol. The molecule has 9 heteroatoms. The van der Waals surface area contributed by atoms with E-state index in [9.17, 15) is 0 Å². The van der Waals surface area contributed by atoms with Crippen LogP contribution in [0.25, 0.3) is 11.2 Å². The minimum atomic E-state index is 0.00728. The summed E-state index contributed by atoms with van der Waals surface area (Å²) in [6.45, 7) is 3.76. The summed E-state index contributed by atoms with van der Waals surface area (Å²) in [7, 11) is 0. The molecule has 30 heavy (non-hydrogen) atoms. The van der Waals surface area contributed by atoms with Crippen LogP contribution in [0.4, 0.5) is 11.5 Å². The molecule has 1 fully saturated rings. The molecule has 9 nitrogen and oxygen atoms in total. The number of para-hydroxylation sites is 1. The molecule has 1 atom stereocenters. The van der Waals surface area contributed by atoms with Gasteiger partial charge in [0.1, 0.15) is 6.33 Å². The van der Waals surface area contributed by atoms with Crippen molar-refractivity contribution in [2.24, 2.45) is 0 Å². The molecule has 1 aliphatic rings. The molecule has 4 aromatic rings. The summed E-state index contributed by atoms with van der Waals surface area (Å²) in [6, 6.07) is 15.9. The first kappa shape index (κ1) is 18.6. The number of hydrogen-bond donors (Lipinski definition) is 1. The zero-order chi connectivity index (χ0) is 20.2. The molecule has 0 spiro atoms. The summed E-state index contributed by atoms with van der Waals surface area (Å²) in [5, 5.41) is 11.9. The van der Waals surface area contributed by atoms with Crippen LogP contribution in [-0.2, 0) is 17.8 Å². The van der Waals surface area contributed by atoms with E-state index in [1.54, 1.807) is 4.68 Å². The molecule has 1 aliphatic heterocycles. The van der Waals surface area contributed by atoms with E-state index < -0.39 is 0 Å². The van der Waals surface area contributed by atoms with Crippen LogP contribution in [0, 0.1) is 0 Å². The number of fused-ring (bicyclic) bond motifs is 1. The van der Waals surface area contributed by atoms with E-state index in [1.165, 1.54) is 6.33 Å². The van der Waals surface area contributed by atoms with Gasteiger partial charge < -0.3 is 10.1 Å². The second-order valence-corrected chi connectivity index (χ2v) is 7.21. The van der Waals surface area contributed by atoms with Gasteiger partial charge in [-0.25, -0.2) is 14.6 Å². The minimum absolute atomic E-state index is 0.00728. The van der Waals surface area contributed by atoms with Crippen molar-refractivity contribution in [2.45, 2.75) is 19.2 Å². The van der Waals surface area contributed by atoms with Gasteiger partial charge in [-0.05, 0) is 24.3 Å². The van der Waals surface area contributed by atoms with Crippen molar-refractivity contribution in [3.63, 3.8) is 0 Å². The average Bonchev–Trinajstić information content (AvgIpc) is 3.19. The summed E-state index contributed by atoms with van der Waals surface area (Å²) >= 11 is 0. The third-order valence-corrected chi connectivity index (χ3v) is 5.05. The smallest absolute Gasteiger partial charge is 0.183 e. The van der Waals surface area contributed by atoms with Crippen molar-refractivity contribution in [1.29, 1.82) is 0 Å². The zero-order valence-corrected chi connectivity index (χ0v) is 16.4. The molecule has 0 radical (unpaired) electrons. The summed E-state index contributed by atoms with van der Waals surface area (Å²) < 4.78 is 7.78. The van der Waals surface area contributed by atoms with Crippen molar-refractivity contribution < 1.29 is 4.74 Å². The van der Waals surface area contributed by atoms with Gasteiger partial charge >= 0.3 is 0 Å². The van der Waals surface area contributed by atoms with E-state index in [0.29, 0.717) is 30.1 Å². The monoisotopic (exact) mass is 402 g/mol. The van der Waals surface area contributed by atoms with Crippen LogP contribution in [-0.4, -0.2) is 60.6 Å². The molecular formula is C21H22N8O. The second kappa shape index (κ2) is 8.52. The van der Waals surface area contributed by atoms with E-state index in [1.807, 2.05) is 54.7 Å². The molecule has 0 saturated carbocycles. The molecule has 0 amide bonds. The van der Waals surface area contributed by atoms with E-state index in [4.69, 9.17) is 4.74 Å². The zero-order valence-electron chi connectivity index (χ0n) is 16.4. The number of nitrogens with zero attached hydrogens (tertiary/aromatic N) is 7.